The zero-order valence-electron chi connectivity index (χ0n) is 17.7. The Bertz CT molecular complexity index is 1510. The number of halogens is 3. The number of fused-ring (bicyclic) bond motifs is 1. The summed E-state index contributed by atoms with van der Waals surface area (Å²) in [7, 11) is 0. The summed E-state index contributed by atoms with van der Waals surface area (Å²) >= 11 is 12.2. The summed E-state index contributed by atoms with van der Waals surface area (Å²) in [6.07, 6.45) is 1.64. The fraction of sp³-hybridized carbons (Fsp3) is 0.0800. The van der Waals surface area contributed by atoms with E-state index in [1.54, 1.807) is 30.5 Å². The molecule has 2 aromatic heterocycles. The Morgan fingerprint density at radius 2 is 1.47 bits per heavy atom. The van der Waals surface area contributed by atoms with Crippen molar-refractivity contribution in [3.8, 4) is 28.0 Å². The van der Waals surface area contributed by atoms with Crippen molar-refractivity contribution >= 4 is 28.8 Å². The lowest BCUT2D eigenvalue weighted by Crippen LogP contribution is -2.25. The minimum Gasteiger partial charge on any atom is -0.492 e. The lowest BCUT2D eigenvalue weighted by molar-refractivity contribution is 0.288. The van der Waals surface area contributed by atoms with Gasteiger partial charge < -0.3 is 4.74 Å². The van der Waals surface area contributed by atoms with E-state index in [9.17, 15) is 9.18 Å². The van der Waals surface area contributed by atoms with Gasteiger partial charge >= 0.3 is 5.69 Å². The standard InChI is InChI=1S/C25H17Cl2FN4O2/c26-18-5-1-16(2-6-18)22-15-29-32-24(23(22)17-3-7-19(27)8-4-17)30-31(25(32)33)13-14-34-21-11-9-20(28)10-12-21/h1-12,15H,13-14H2. The fourth-order valence-corrected chi connectivity index (χ4v) is 3.89. The molecule has 0 aliphatic carbocycles. The van der Waals surface area contributed by atoms with Gasteiger partial charge in [-0.1, -0.05) is 47.5 Å². The van der Waals surface area contributed by atoms with Crippen LogP contribution in [0.25, 0.3) is 27.9 Å². The predicted octanol–water partition coefficient (Wildman–Crippen LogP) is 5.75. The van der Waals surface area contributed by atoms with Gasteiger partial charge in [0.15, 0.2) is 5.65 Å². The Balaban J connectivity index is 1.56. The van der Waals surface area contributed by atoms with Gasteiger partial charge in [0, 0.05) is 21.2 Å². The molecule has 0 unspecified atom stereocenters. The summed E-state index contributed by atoms with van der Waals surface area (Å²) < 4.78 is 21.3. The smallest absolute Gasteiger partial charge is 0.367 e. The van der Waals surface area contributed by atoms with Crippen molar-refractivity contribution in [2.45, 2.75) is 6.54 Å². The van der Waals surface area contributed by atoms with Crippen LogP contribution in [-0.2, 0) is 6.54 Å². The molecule has 0 N–H and O–H groups in total. The SMILES string of the molecule is O=c1n(CCOc2ccc(F)cc2)nc2c(-c3ccc(Cl)cc3)c(-c3ccc(Cl)cc3)cnn12. The first-order valence-corrected chi connectivity index (χ1v) is 11.1. The second-order valence-electron chi connectivity index (χ2n) is 7.49. The van der Waals surface area contributed by atoms with Crippen LogP contribution in [0, 0.1) is 5.82 Å². The van der Waals surface area contributed by atoms with E-state index in [-0.39, 0.29) is 19.0 Å². The van der Waals surface area contributed by atoms with Crippen LogP contribution in [0.5, 0.6) is 5.75 Å². The molecule has 0 aliphatic rings. The predicted molar refractivity (Wildman–Crippen MR) is 130 cm³/mol. The molecule has 3 aromatic carbocycles. The van der Waals surface area contributed by atoms with Crippen molar-refractivity contribution in [1.29, 1.82) is 0 Å². The zero-order valence-corrected chi connectivity index (χ0v) is 19.2. The number of benzene rings is 3. The van der Waals surface area contributed by atoms with Crippen molar-refractivity contribution in [1.82, 2.24) is 19.4 Å². The molecule has 34 heavy (non-hydrogen) atoms. The van der Waals surface area contributed by atoms with E-state index in [0.717, 1.165) is 22.3 Å². The molecule has 9 heteroatoms. The van der Waals surface area contributed by atoms with Crippen LogP contribution in [0.1, 0.15) is 0 Å². The topological polar surface area (TPSA) is 61.4 Å². The number of rotatable bonds is 6. The number of aromatic nitrogens is 4. The Hall–Kier alpha value is -3.68. The highest BCUT2D eigenvalue weighted by Gasteiger charge is 2.18. The highest BCUT2D eigenvalue weighted by atomic mass is 35.5. The lowest BCUT2D eigenvalue weighted by Gasteiger charge is -2.11. The van der Waals surface area contributed by atoms with E-state index in [1.165, 1.54) is 33.5 Å². The second-order valence-corrected chi connectivity index (χ2v) is 8.36. The van der Waals surface area contributed by atoms with Gasteiger partial charge in [0.05, 0.1) is 12.7 Å². The van der Waals surface area contributed by atoms with E-state index >= 15 is 0 Å². The molecule has 0 spiro atoms. The Morgan fingerprint density at radius 1 is 0.853 bits per heavy atom. The van der Waals surface area contributed by atoms with Crippen LogP contribution in [0.2, 0.25) is 10.0 Å². The van der Waals surface area contributed by atoms with Crippen LogP contribution < -0.4 is 10.4 Å². The van der Waals surface area contributed by atoms with Crippen LogP contribution in [-0.4, -0.2) is 26.0 Å². The molecule has 5 aromatic rings. The highest BCUT2D eigenvalue weighted by molar-refractivity contribution is 6.31. The third-order valence-electron chi connectivity index (χ3n) is 5.29. The van der Waals surface area contributed by atoms with E-state index in [0.29, 0.717) is 21.4 Å². The summed E-state index contributed by atoms with van der Waals surface area (Å²) in [6.45, 7) is 0.367. The third-order valence-corrected chi connectivity index (χ3v) is 5.79. The van der Waals surface area contributed by atoms with E-state index in [4.69, 9.17) is 27.9 Å². The van der Waals surface area contributed by atoms with Gasteiger partial charge in [-0.3, -0.25) is 0 Å². The number of ether oxygens (including phenoxy) is 1. The molecule has 6 nitrogen and oxygen atoms in total. The molecule has 0 atom stereocenters. The van der Waals surface area contributed by atoms with Crippen molar-refractivity contribution in [2.24, 2.45) is 0 Å². The van der Waals surface area contributed by atoms with Gasteiger partial charge in [-0.15, -0.1) is 5.10 Å². The Morgan fingerprint density at radius 3 is 2.12 bits per heavy atom. The van der Waals surface area contributed by atoms with Crippen molar-refractivity contribution < 1.29 is 9.13 Å². The summed E-state index contributed by atoms with van der Waals surface area (Å²) in [5, 5.41) is 10.1. The van der Waals surface area contributed by atoms with E-state index in [1.807, 2.05) is 24.3 Å². The summed E-state index contributed by atoms with van der Waals surface area (Å²) in [5.41, 5.74) is 3.26. The Kier molecular flexibility index (Phi) is 6.04. The van der Waals surface area contributed by atoms with Gasteiger partial charge in [-0.25, -0.2) is 13.9 Å². The van der Waals surface area contributed by atoms with Gasteiger partial charge in [0.25, 0.3) is 0 Å². The van der Waals surface area contributed by atoms with Crippen LogP contribution in [0.3, 0.4) is 0 Å². The molecule has 2 heterocycles. The van der Waals surface area contributed by atoms with Gasteiger partial charge in [0.2, 0.25) is 0 Å². The minimum atomic E-state index is -0.393. The van der Waals surface area contributed by atoms with Gasteiger partial charge in [-0.2, -0.15) is 9.61 Å². The minimum absolute atomic E-state index is 0.176. The van der Waals surface area contributed by atoms with Crippen molar-refractivity contribution in [3.63, 3.8) is 0 Å². The first kappa shape index (κ1) is 22.1. The van der Waals surface area contributed by atoms with E-state index < -0.39 is 5.69 Å². The highest BCUT2D eigenvalue weighted by Crippen LogP contribution is 2.34. The quantitative estimate of drug-likeness (QED) is 0.301. The lowest BCUT2D eigenvalue weighted by atomic mass is 9.97. The monoisotopic (exact) mass is 494 g/mol. The maximum absolute atomic E-state index is 13.1. The average molecular weight is 495 g/mol. The average Bonchev–Trinajstić information content (AvgIpc) is 3.16. The molecule has 5 rings (SSSR count). The molecular weight excluding hydrogens is 478 g/mol. The number of hydrogen-bond donors (Lipinski definition) is 0. The second kappa shape index (κ2) is 9.29. The van der Waals surface area contributed by atoms with Crippen LogP contribution >= 0.6 is 23.2 Å². The maximum Gasteiger partial charge on any atom is 0.367 e. The largest absolute Gasteiger partial charge is 0.492 e. The number of nitrogens with zero attached hydrogens (tertiary/aromatic N) is 4. The normalized spacial score (nSPS) is 11.1. The molecule has 0 aliphatic heterocycles. The molecular formula is C25H17Cl2FN4O2. The maximum atomic E-state index is 13.1. The molecule has 170 valence electrons. The number of hydrogen-bond acceptors (Lipinski definition) is 4. The molecule has 0 saturated carbocycles. The van der Waals surface area contributed by atoms with Crippen LogP contribution in [0.15, 0.2) is 83.8 Å². The molecule has 0 amide bonds. The zero-order chi connectivity index (χ0) is 23.7. The van der Waals surface area contributed by atoms with Crippen LogP contribution in [0.4, 0.5) is 4.39 Å². The molecule has 0 fully saturated rings. The molecule has 0 radical (unpaired) electrons. The summed E-state index contributed by atoms with van der Waals surface area (Å²) in [5.74, 6) is 0.157. The summed E-state index contributed by atoms with van der Waals surface area (Å²) in [6, 6.07) is 20.4. The first-order chi connectivity index (χ1) is 16.5. The van der Waals surface area contributed by atoms with E-state index in [2.05, 4.69) is 10.2 Å². The summed E-state index contributed by atoms with van der Waals surface area (Å²) in [4.78, 5) is 13.0. The third kappa shape index (κ3) is 4.40. The first-order valence-electron chi connectivity index (χ1n) is 10.4. The molecule has 0 saturated heterocycles. The van der Waals surface area contributed by atoms with Gasteiger partial charge in [0.1, 0.15) is 18.2 Å². The van der Waals surface area contributed by atoms with Gasteiger partial charge in [-0.05, 0) is 59.7 Å². The van der Waals surface area contributed by atoms with Crippen molar-refractivity contribution in [2.75, 3.05) is 6.61 Å². The fourth-order valence-electron chi connectivity index (χ4n) is 3.64. The molecule has 0 bridgehead atoms. The van der Waals surface area contributed by atoms with Crippen molar-refractivity contribution in [3.05, 3.63) is 105 Å². The Labute approximate surface area is 203 Å².